The summed E-state index contributed by atoms with van der Waals surface area (Å²) in [5, 5.41) is 13.3. The van der Waals surface area contributed by atoms with Crippen molar-refractivity contribution in [3.63, 3.8) is 0 Å². The third-order valence-corrected chi connectivity index (χ3v) is 2.76. The van der Waals surface area contributed by atoms with Gasteiger partial charge in [-0.05, 0) is 30.3 Å². The molecule has 0 aliphatic heterocycles. The molecular weight excluding hydrogens is 287 g/mol. The number of carbonyl (C=O) groups is 1. The van der Waals surface area contributed by atoms with E-state index in [0.717, 1.165) is 0 Å². The number of nitrogens with zero attached hydrogens (tertiary/aromatic N) is 1. The molecule has 0 aromatic heterocycles. The molecule has 1 N–H and O–H groups in total. The minimum Gasteiger partial charge on any atom is -0.341 e. The lowest BCUT2D eigenvalue weighted by Gasteiger charge is -2.02. The van der Waals surface area contributed by atoms with Gasteiger partial charge in [-0.25, -0.2) is 4.39 Å². The van der Waals surface area contributed by atoms with Crippen LogP contribution in [0.4, 0.5) is 10.1 Å². The average molecular weight is 298 g/mol. The number of hydrogen-bond acceptors (Lipinski definition) is 3. The molecular formula is C16H11FN2O3. The highest BCUT2D eigenvalue weighted by atomic mass is 19.1. The number of para-hydroxylation sites is 1. The van der Waals surface area contributed by atoms with Crippen molar-refractivity contribution in [2.24, 2.45) is 0 Å². The van der Waals surface area contributed by atoms with Crippen LogP contribution >= 0.6 is 0 Å². The minimum absolute atomic E-state index is 0.0175. The Morgan fingerprint density at radius 2 is 1.86 bits per heavy atom. The summed E-state index contributed by atoms with van der Waals surface area (Å²) >= 11 is 0. The number of nitro groups is 1. The summed E-state index contributed by atoms with van der Waals surface area (Å²) in [5.41, 5.74) is 0.337. The predicted octanol–water partition coefficient (Wildman–Crippen LogP) is 2.52. The SMILES string of the molecule is O=C(NCC#Cc1ccc(F)cc1)c1ccccc1[N+](=O)[O-]. The topological polar surface area (TPSA) is 72.2 Å². The predicted molar refractivity (Wildman–Crippen MR) is 78.7 cm³/mol. The number of amides is 1. The maximum atomic E-state index is 12.7. The van der Waals surface area contributed by atoms with E-state index in [-0.39, 0.29) is 23.6 Å². The maximum Gasteiger partial charge on any atom is 0.282 e. The Bertz CT molecular complexity index is 761. The maximum absolute atomic E-state index is 12.7. The molecule has 0 aliphatic carbocycles. The fourth-order valence-electron chi connectivity index (χ4n) is 1.72. The van der Waals surface area contributed by atoms with Crippen LogP contribution in [0.25, 0.3) is 0 Å². The summed E-state index contributed by atoms with van der Waals surface area (Å²) in [7, 11) is 0. The lowest BCUT2D eigenvalue weighted by molar-refractivity contribution is -0.385. The Hall–Kier alpha value is -3.20. The van der Waals surface area contributed by atoms with E-state index in [2.05, 4.69) is 17.2 Å². The summed E-state index contributed by atoms with van der Waals surface area (Å²) in [6.45, 7) is 0.0300. The second-order valence-corrected chi connectivity index (χ2v) is 4.27. The van der Waals surface area contributed by atoms with Gasteiger partial charge in [-0.15, -0.1) is 0 Å². The van der Waals surface area contributed by atoms with Gasteiger partial charge in [-0.1, -0.05) is 24.0 Å². The van der Waals surface area contributed by atoms with Crippen molar-refractivity contribution in [1.82, 2.24) is 5.32 Å². The average Bonchev–Trinajstić information content (AvgIpc) is 2.53. The molecule has 0 saturated heterocycles. The molecule has 0 aliphatic rings. The van der Waals surface area contributed by atoms with E-state index in [4.69, 9.17) is 0 Å². The van der Waals surface area contributed by atoms with Crippen molar-refractivity contribution in [2.75, 3.05) is 6.54 Å². The van der Waals surface area contributed by atoms with Crippen molar-refractivity contribution in [1.29, 1.82) is 0 Å². The summed E-state index contributed by atoms with van der Waals surface area (Å²) in [5.74, 6) is 4.53. The molecule has 22 heavy (non-hydrogen) atoms. The number of rotatable bonds is 3. The highest BCUT2D eigenvalue weighted by Crippen LogP contribution is 2.16. The molecule has 2 rings (SSSR count). The van der Waals surface area contributed by atoms with E-state index in [0.29, 0.717) is 5.56 Å². The molecule has 1 amide bonds. The van der Waals surface area contributed by atoms with Crippen LogP contribution in [0.2, 0.25) is 0 Å². The zero-order valence-corrected chi connectivity index (χ0v) is 11.4. The quantitative estimate of drug-likeness (QED) is 0.537. The lowest BCUT2D eigenvalue weighted by atomic mass is 10.1. The first-order chi connectivity index (χ1) is 10.6. The van der Waals surface area contributed by atoms with Crippen LogP contribution in [-0.4, -0.2) is 17.4 Å². The fraction of sp³-hybridized carbons (Fsp3) is 0.0625. The standard InChI is InChI=1S/C16H11FN2O3/c17-13-9-7-12(8-10-13)4-3-11-18-16(20)14-5-1-2-6-15(14)19(21)22/h1-2,5-10H,11H2,(H,18,20). The molecule has 0 heterocycles. The van der Waals surface area contributed by atoms with Gasteiger partial charge in [0.2, 0.25) is 0 Å². The largest absolute Gasteiger partial charge is 0.341 e. The molecule has 2 aromatic carbocycles. The van der Waals surface area contributed by atoms with Crippen LogP contribution in [0, 0.1) is 27.8 Å². The Kier molecular flexibility index (Phi) is 4.83. The molecule has 0 fully saturated rings. The molecule has 0 spiro atoms. The Morgan fingerprint density at radius 3 is 2.55 bits per heavy atom. The number of benzene rings is 2. The third kappa shape index (κ3) is 3.90. The van der Waals surface area contributed by atoms with Gasteiger partial charge in [-0.3, -0.25) is 14.9 Å². The van der Waals surface area contributed by atoms with E-state index < -0.39 is 10.8 Å². The Balaban J connectivity index is 2.00. The number of hydrogen-bond donors (Lipinski definition) is 1. The van der Waals surface area contributed by atoms with E-state index in [1.54, 1.807) is 6.07 Å². The first-order valence-electron chi connectivity index (χ1n) is 6.34. The monoisotopic (exact) mass is 298 g/mol. The highest BCUT2D eigenvalue weighted by Gasteiger charge is 2.18. The Morgan fingerprint density at radius 1 is 1.18 bits per heavy atom. The zero-order valence-electron chi connectivity index (χ0n) is 11.4. The second-order valence-electron chi connectivity index (χ2n) is 4.27. The summed E-state index contributed by atoms with van der Waals surface area (Å²) < 4.78 is 12.7. The highest BCUT2D eigenvalue weighted by molar-refractivity contribution is 5.98. The van der Waals surface area contributed by atoms with E-state index in [1.165, 1.54) is 42.5 Å². The van der Waals surface area contributed by atoms with Gasteiger partial charge in [0, 0.05) is 11.6 Å². The molecule has 0 bridgehead atoms. The van der Waals surface area contributed by atoms with E-state index in [9.17, 15) is 19.3 Å². The molecule has 0 atom stereocenters. The van der Waals surface area contributed by atoms with Crippen LogP contribution in [0.15, 0.2) is 48.5 Å². The van der Waals surface area contributed by atoms with Crippen molar-refractivity contribution in [3.05, 3.63) is 75.6 Å². The number of nitro benzene ring substituents is 1. The zero-order chi connectivity index (χ0) is 15.9. The normalized spacial score (nSPS) is 9.50. The fourth-order valence-corrected chi connectivity index (χ4v) is 1.72. The van der Waals surface area contributed by atoms with Gasteiger partial charge in [0.25, 0.3) is 11.6 Å². The molecule has 2 aromatic rings. The van der Waals surface area contributed by atoms with Gasteiger partial charge in [0.1, 0.15) is 11.4 Å². The summed E-state index contributed by atoms with van der Waals surface area (Å²) in [6.07, 6.45) is 0. The van der Waals surface area contributed by atoms with Crippen LogP contribution in [0.1, 0.15) is 15.9 Å². The van der Waals surface area contributed by atoms with Crippen LogP contribution in [0.5, 0.6) is 0 Å². The molecule has 0 radical (unpaired) electrons. The van der Waals surface area contributed by atoms with E-state index in [1.807, 2.05) is 0 Å². The van der Waals surface area contributed by atoms with Crippen LogP contribution in [-0.2, 0) is 0 Å². The van der Waals surface area contributed by atoms with Crippen molar-refractivity contribution < 1.29 is 14.1 Å². The Labute approximate surface area is 125 Å². The third-order valence-electron chi connectivity index (χ3n) is 2.76. The van der Waals surface area contributed by atoms with Crippen LogP contribution in [0.3, 0.4) is 0 Å². The molecule has 110 valence electrons. The van der Waals surface area contributed by atoms with Gasteiger partial charge < -0.3 is 5.32 Å². The number of nitrogens with one attached hydrogen (secondary N) is 1. The second kappa shape index (κ2) is 6.99. The first-order valence-corrected chi connectivity index (χ1v) is 6.34. The van der Waals surface area contributed by atoms with Crippen molar-refractivity contribution >= 4 is 11.6 Å². The number of carbonyl (C=O) groups excluding carboxylic acids is 1. The number of halogens is 1. The molecule has 0 saturated carbocycles. The smallest absolute Gasteiger partial charge is 0.282 e. The van der Waals surface area contributed by atoms with Gasteiger partial charge in [0.05, 0.1) is 11.5 Å². The molecule has 6 heteroatoms. The van der Waals surface area contributed by atoms with Crippen molar-refractivity contribution in [2.45, 2.75) is 0 Å². The summed E-state index contributed by atoms with van der Waals surface area (Å²) in [4.78, 5) is 22.1. The van der Waals surface area contributed by atoms with Gasteiger partial charge in [-0.2, -0.15) is 0 Å². The first kappa shape index (κ1) is 15.2. The van der Waals surface area contributed by atoms with Crippen LogP contribution < -0.4 is 5.32 Å². The lowest BCUT2D eigenvalue weighted by Crippen LogP contribution is -2.24. The van der Waals surface area contributed by atoms with Gasteiger partial charge in [0.15, 0.2) is 0 Å². The molecule has 0 unspecified atom stereocenters. The minimum atomic E-state index is -0.612. The summed E-state index contributed by atoms with van der Waals surface area (Å²) in [6, 6.07) is 11.3. The van der Waals surface area contributed by atoms with Crippen molar-refractivity contribution in [3.8, 4) is 11.8 Å². The van der Waals surface area contributed by atoms with Gasteiger partial charge >= 0.3 is 0 Å². The molecule has 5 nitrogen and oxygen atoms in total. The van der Waals surface area contributed by atoms with E-state index >= 15 is 0 Å².